The number of nitrogens with zero attached hydrogens (tertiary/aromatic N) is 3. The van der Waals surface area contributed by atoms with Gasteiger partial charge in [-0.1, -0.05) is 54.6 Å². The maximum Gasteiger partial charge on any atom is 0.244 e. The van der Waals surface area contributed by atoms with Gasteiger partial charge in [0.1, 0.15) is 17.9 Å². The molecule has 1 heterocycles. The number of morpholine rings is 1. The highest BCUT2D eigenvalue weighted by atomic mass is 16.5. The van der Waals surface area contributed by atoms with E-state index in [0.717, 1.165) is 21.9 Å². The van der Waals surface area contributed by atoms with Crippen LogP contribution in [0.15, 0.2) is 60.7 Å². The van der Waals surface area contributed by atoms with Crippen LogP contribution in [0.2, 0.25) is 0 Å². The number of benzene rings is 3. The summed E-state index contributed by atoms with van der Waals surface area (Å²) in [6.45, 7) is 2.97. The molecule has 1 saturated heterocycles. The van der Waals surface area contributed by atoms with E-state index in [4.69, 9.17) is 9.47 Å². The minimum absolute atomic E-state index is 0.00611. The van der Waals surface area contributed by atoms with Crippen LogP contribution in [0.4, 0.5) is 0 Å². The molecule has 1 amide bonds. The van der Waals surface area contributed by atoms with Gasteiger partial charge in [0.05, 0.1) is 25.9 Å². The molecular weight excluding hydrogens is 402 g/mol. The molecular formula is C26H27N3O3. The monoisotopic (exact) mass is 429 g/mol. The zero-order valence-corrected chi connectivity index (χ0v) is 18.5. The molecule has 3 aromatic rings. The molecule has 164 valence electrons. The molecule has 0 bridgehead atoms. The minimum Gasteiger partial charge on any atom is -0.495 e. The summed E-state index contributed by atoms with van der Waals surface area (Å²) in [7, 11) is 3.38. The fraction of sp³-hybridized carbons (Fsp3) is 0.308. The molecule has 1 unspecified atom stereocenters. The number of carbonyl (C=O) groups excluding carboxylic acids is 1. The number of carbonyl (C=O) groups is 1. The first-order valence-electron chi connectivity index (χ1n) is 10.7. The van der Waals surface area contributed by atoms with Gasteiger partial charge in [0.2, 0.25) is 5.91 Å². The Morgan fingerprint density at radius 1 is 1.16 bits per heavy atom. The summed E-state index contributed by atoms with van der Waals surface area (Å²) < 4.78 is 11.1. The Balaban J connectivity index is 1.71. The summed E-state index contributed by atoms with van der Waals surface area (Å²) in [5.74, 6) is 0.528. The fourth-order valence-corrected chi connectivity index (χ4v) is 4.38. The second-order valence-electron chi connectivity index (χ2n) is 7.92. The summed E-state index contributed by atoms with van der Waals surface area (Å²) in [5.41, 5.74) is 2.27. The Bertz CT molecular complexity index is 1130. The van der Waals surface area contributed by atoms with Crippen LogP contribution in [0, 0.1) is 11.3 Å². The molecule has 0 spiro atoms. The van der Waals surface area contributed by atoms with E-state index < -0.39 is 0 Å². The molecule has 6 nitrogen and oxygen atoms in total. The van der Waals surface area contributed by atoms with Gasteiger partial charge in [-0.25, -0.2) is 0 Å². The standard InChI is InChI=1S/C26H27N3O3/c1-28(18-23-22-11-7-6-10-20(22)16-21(17-27)25(23)31-2)26(30)24(19-8-4-3-5-9-19)29-12-14-32-15-13-29/h3-11,16,24H,12-15,18H2,1-2H3. The third-order valence-electron chi connectivity index (χ3n) is 5.96. The number of likely N-dealkylation sites (N-methyl/N-ethyl adjacent to an activating group) is 1. The zero-order valence-electron chi connectivity index (χ0n) is 18.5. The molecule has 32 heavy (non-hydrogen) atoms. The average Bonchev–Trinajstić information content (AvgIpc) is 2.85. The smallest absolute Gasteiger partial charge is 0.244 e. The lowest BCUT2D eigenvalue weighted by Gasteiger charge is -2.36. The number of ether oxygens (including phenoxy) is 2. The Morgan fingerprint density at radius 3 is 2.53 bits per heavy atom. The van der Waals surface area contributed by atoms with Gasteiger partial charge in [0.15, 0.2) is 0 Å². The molecule has 4 rings (SSSR count). The molecule has 0 N–H and O–H groups in total. The first-order valence-corrected chi connectivity index (χ1v) is 10.7. The molecule has 6 heteroatoms. The van der Waals surface area contributed by atoms with Crippen LogP contribution in [-0.4, -0.2) is 56.2 Å². The normalized spacial score (nSPS) is 15.2. The third kappa shape index (κ3) is 4.31. The van der Waals surface area contributed by atoms with Crippen molar-refractivity contribution in [2.75, 3.05) is 40.5 Å². The van der Waals surface area contributed by atoms with Gasteiger partial charge >= 0.3 is 0 Å². The van der Waals surface area contributed by atoms with E-state index in [1.165, 1.54) is 0 Å². The molecule has 1 aliphatic rings. The molecule has 1 fully saturated rings. The van der Waals surface area contributed by atoms with Crippen LogP contribution in [0.25, 0.3) is 10.8 Å². The summed E-state index contributed by atoms with van der Waals surface area (Å²) in [4.78, 5) is 17.7. The van der Waals surface area contributed by atoms with Crippen molar-refractivity contribution in [1.29, 1.82) is 5.26 Å². The summed E-state index contributed by atoms with van der Waals surface area (Å²) >= 11 is 0. The summed E-state index contributed by atoms with van der Waals surface area (Å²) in [5, 5.41) is 11.6. The predicted molar refractivity (Wildman–Crippen MR) is 123 cm³/mol. The highest BCUT2D eigenvalue weighted by Gasteiger charge is 2.31. The van der Waals surface area contributed by atoms with Gasteiger partial charge in [0, 0.05) is 32.2 Å². The number of nitriles is 1. The molecule has 0 aliphatic carbocycles. The van der Waals surface area contributed by atoms with Gasteiger partial charge < -0.3 is 14.4 Å². The van der Waals surface area contributed by atoms with Gasteiger partial charge in [-0.05, 0) is 22.4 Å². The van der Waals surface area contributed by atoms with Gasteiger partial charge in [-0.3, -0.25) is 9.69 Å². The molecule has 1 atom stereocenters. The second kappa shape index (κ2) is 9.82. The Kier molecular flexibility index (Phi) is 6.69. The van der Waals surface area contributed by atoms with Crippen molar-refractivity contribution >= 4 is 16.7 Å². The van der Waals surface area contributed by atoms with E-state index in [9.17, 15) is 10.1 Å². The lowest BCUT2D eigenvalue weighted by Crippen LogP contribution is -2.46. The number of hydrogen-bond donors (Lipinski definition) is 0. The number of hydrogen-bond acceptors (Lipinski definition) is 5. The maximum absolute atomic E-state index is 13.8. The quantitative estimate of drug-likeness (QED) is 0.597. The first-order chi connectivity index (χ1) is 15.6. The minimum atomic E-state index is -0.387. The SMILES string of the molecule is COc1c(C#N)cc2ccccc2c1CN(C)C(=O)C(c1ccccc1)N1CCOCC1. The van der Waals surface area contributed by atoms with Crippen molar-refractivity contribution in [2.45, 2.75) is 12.6 Å². The lowest BCUT2D eigenvalue weighted by molar-refractivity contribution is -0.138. The lowest BCUT2D eigenvalue weighted by atomic mass is 9.98. The van der Waals surface area contributed by atoms with E-state index in [1.807, 2.05) is 67.7 Å². The van der Waals surface area contributed by atoms with Gasteiger partial charge in [-0.15, -0.1) is 0 Å². The first kappa shape index (κ1) is 21.8. The largest absolute Gasteiger partial charge is 0.495 e. The number of amides is 1. The summed E-state index contributed by atoms with van der Waals surface area (Å²) in [6, 6.07) is 21.4. The topological polar surface area (TPSA) is 65.8 Å². The van der Waals surface area contributed by atoms with E-state index in [2.05, 4.69) is 11.0 Å². The van der Waals surface area contributed by atoms with Gasteiger partial charge in [-0.2, -0.15) is 5.26 Å². The highest BCUT2D eigenvalue weighted by Crippen LogP contribution is 2.34. The molecule has 3 aromatic carbocycles. The van der Waals surface area contributed by atoms with Crippen molar-refractivity contribution in [3.05, 3.63) is 77.4 Å². The summed E-state index contributed by atoms with van der Waals surface area (Å²) in [6.07, 6.45) is 0. The van der Waals surface area contributed by atoms with Crippen molar-refractivity contribution in [2.24, 2.45) is 0 Å². The average molecular weight is 430 g/mol. The fourth-order valence-electron chi connectivity index (χ4n) is 4.38. The molecule has 0 radical (unpaired) electrons. The highest BCUT2D eigenvalue weighted by molar-refractivity contribution is 5.90. The van der Waals surface area contributed by atoms with Crippen molar-refractivity contribution in [1.82, 2.24) is 9.80 Å². The van der Waals surface area contributed by atoms with Crippen molar-refractivity contribution in [3.63, 3.8) is 0 Å². The van der Waals surface area contributed by atoms with Crippen molar-refractivity contribution in [3.8, 4) is 11.8 Å². The number of fused-ring (bicyclic) bond motifs is 1. The van der Waals surface area contributed by atoms with Crippen LogP contribution in [0.3, 0.4) is 0 Å². The van der Waals surface area contributed by atoms with E-state index in [0.29, 0.717) is 44.2 Å². The molecule has 0 saturated carbocycles. The van der Waals surface area contributed by atoms with E-state index >= 15 is 0 Å². The van der Waals surface area contributed by atoms with E-state index in [-0.39, 0.29) is 11.9 Å². The van der Waals surface area contributed by atoms with Crippen LogP contribution in [0.1, 0.15) is 22.7 Å². The van der Waals surface area contributed by atoms with E-state index in [1.54, 1.807) is 12.0 Å². The Hall–Kier alpha value is -3.40. The van der Waals surface area contributed by atoms with Crippen LogP contribution >= 0.6 is 0 Å². The zero-order chi connectivity index (χ0) is 22.5. The van der Waals surface area contributed by atoms with Gasteiger partial charge in [0.25, 0.3) is 0 Å². The van der Waals surface area contributed by atoms with Crippen LogP contribution < -0.4 is 4.74 Å². The third-order valence-corrected chi connectivity index (χ3v) is 5.96. The number of rotatable bonds is 6. The second-order valence-corrected chi connectivity index (χ2v) is 7.92. The van der Waals surface area contributed by atoms with Crippen LogP contribution in [-0.2, 0) is 16.1 Å². The maximum atomic E-state index is 13.8. The number of methoxy groups -OCH3 is 1. The predicted octanol–water partition coefficient (Wildman–Crippen LogP) is 3.75. The molecule has 0 aromatic heterocycles. The Morgan fingerprint density at radius 2 is 1.84 bits per heavy atom. The van der Waals surface area contributed by atoms with Crippen LogP contribution in [0.5, 0.6) is 5.75 Å². The van der Waals surface area contributed by atoms with Crippen molar-refractivity contribution < 1.29 is 14.3 Å². The Labute approximate surface area is 188 Å². The molecule has 1 aliphatic heterocycles.